The SMILES string of the molecule is Cc1oc(-c2cccs2)nc1CC(=O)NC(C)(CN)CC(C)C.Cl.Cl. The minimum absolute atomic E-state index is 0. The number of hydrogen-bond donors (Lipinski definition) is 2. The summed E-state index contributed by atoms with van der Waals surface area (Å²) in [4.78, 5) is 17.8. The van der Waals surface area contributed by atoms with E-state index in [1.54, 1.807) is 11.3 Å². The van der Waals surface area contributed by atoms with Gasteiger partial charge < -0.3 is 15.5 Å². The van der Waals surface area contributed by atoms with Crippen LogP contribution in [0.2, 0.25) is 0 Å². The Bertz CT molecular complexity index is 659. The van der Waals surface area contributed by atoms with E-state index in [1.807, 2.05) is 31.4 Å². The van der Waals surface area contributed by atoms with Gasteiger partial charge in [-0.1, -0.05) is 19.9 Å². The fraction of sp³-hybridized carbons (Fsp3) is 0.529. The number of hydrogen-bond acceptors (Lipinski definition) is 5. The molecule has 0 saturated heterocycles. The van der Waals surface area contributed by atoms with E-state index in [0.717, 1.165) is 11.3 Å². The van der Waals surface area contributed by atoms with Gasteiger partial charge in [-0.3, -0.25) is 4.79 Å². The first-order chi connectivity index (χ1) is 10.8. The molecule has 0 spiro atoms. The molecule has 2 aromatic rings. The van der Waals surface area contributed by atoms with Crippen LogP contribution in [0.1, 0.15) is 38.6 Å². The van der Waals surface area contributed by atoms with Gasteiger partial charge in [0.05, 0.1) is 17.0 Å². The van der Waals surface area contributed by atoms with Crippen LogP contribution in [0.3, 0.4) is 0 Å². The number of aryl methyl sites for hydroxylation is 1. The second-order valence-corrected chi connectivity index (χ2v) is 7.53. The van der Waals surface area contributed by atoms with Gasteiger partial charge in [0.1, 0.15) is 5.76 Å². The number of thiophene rings is 1. The molecule has 25 heavy (non-hydrogen) atoms. The van der Waals surface area contributed by atoms with E-state index in [-0.39, 0.29) is 42.7 Å². The van der Waals surface area contributed by atoms with Crippen molar-refractivity contribution in [2.75, 3.05) is 6.54 Å². The molecule has 8 heteroatoms. The van der Waals surface area contributed by atoms with Crippen molar-refractivity contribution in [3.8, 4) is 10.8 Å². The molecule has 0 radical (unpaired) electrons. The van der Waals surface area contributed by atoms with Gasteiger partial charge in [0, 0.05) is 12.1 Å². The third kappa shape index (κ3) is 6.62. The summed E-state index contributed by atoms with van der Waals surface area (Å²) < 4.78 is 5.68. The van der Waals surface area contributed by atoms with Crippen molar-refractivity contribution in [3.63, 3.8) is 0 Å². The number of amides is 1. The lowest BCUT2D eigenvalue weighted by Crippen LogP contribution is -2.52. The zero-order chi connectivity index (χ0) is 17.0. The molecule has 0 aliphatic carbocycles. The summed E-state index contributed by atoms with van der Waals surface area (Å²) in [5.41, 5.74) is 6.13. The Balaban J connectivity index is 0.00000288. The van der Waals surface area contributed by atoms with Gasteiger partial charge in [0.15, 0.2) is 0 Å². The molecule has 0 aliphatic rings. The average molecular weight is 408 g/mol. The second kappa shape index (κ2) is 10.2. The normalized spacial score (nSPS) is 12.9. The summed E-state index contributed by atoms with van der Waals surface area (Å²) in [5.74, 6) is 1.64. The number of carbonyl (C=O) groups excluding carboxylic acids is 1. The van der Waals surface area contributed by atoms with Crippen LogP contribution in [0.25, 0.3) is 10.8 Å². The quantitative estimate of drug-likeness (QED) is 0.726. The molecular weight excluding hydrogens is 381 g/mol. The van der Waals surface area contributed by atoms with E-state index >= 15 is 0 Å². The topological polar surface area (TPSA) is 81.2 Å². The van der Waals surface area contributed by atoms with Crippen molar-refractivity contribution >= 4 is 42.1 Å². The first kappa shape index (κ1) is 23.9. The van der Waals surface area contributed by atoms with E-state index in [9.17, 15) is 4.79 Å². The van der Waals surface area contributed by atoms with Gasteiger partial charge in [-0.15, -0.1) is 36.2 Å². The van der Waals surface area contributed by atoms with Crippen LogP contribution >= 0.6 is 36.2 Å². The molecule has 0 bridgehead atoms. The summed E-state index contributed by atoms with van der Waals surface area (Å²) in [6.45, 7) is 8.47. The van der Waals surface area contributed by atoms with Crippen LogP contribution in [0.4, 0.5) is 0 Å². The average Bonchev–Trinajstić information content (AvgIpc) is 3.08. The molecule has 0 fully saturated rings. The number of carbonyl (C=O) groups is 1. The minimum atomic E-state index is -0.389. The van der Waals surface area contributed by atoms with Crippen molar-refractivity contribution in [1.29, 1.82) is 0 Å². The predicted molar refractivity (Wildman–Crippen MR) is 108 cm³/mol. The van der Waals surface area contributed by atoms with Crippen molar-refractivity contribution in [1.82, 2.24) is 10.3 Å². The third-order valence-corrected chi connectivity index (χ3v) is 4.56. The highest BCUT2D eigenvalue weighted by molar-refractivity contribution is 7.13. The molecule has 0 aliphatic heterocycles. The summed E-state index contributed by atoms with van der Waals surface area (Å²) in [5, 5.41) is 5.02. The van der Waals surface area contributed by atoms with Crippen molar-refractivity contribution in [2.45, 2.75) is 46.1 Å². The van der Waals surface area contributed by atoms with Gasteiger partial charge in [-0.05, 0) is 37.6 Å². The molecule has 3 N–H and O–H groups in total. The van der Waals surface area contributed by atoms with Crippen molar-refractivity contribution in [3.05, 3.63) is 29.0 Å². The predicted octanol–water partition coefficient (Wildman–Crippen LogP) is 3.98. The molecule has 1 amide bonds. The maximum atomic E-state index is 12.4. The lowest BCUT2D eigenvalue weighted by atomic mass is 9.90. The number of nitrogens with two attached hydrogens (primary N) is 1. The summed E-state index contributed by atoms with van der Waals surface area (Å²) in [6, 6.07) is 3.90. The zero-order valence-electron chi connectivity index (χ0n) is 15.0. The Morgan fingerprint density at radius 1 is 1.44 bits per heavy atom. The monoisotopic (exact) mass is 407 g/mol. The summed E-state index contributed by atoms with van der Waals surface area (Å²) in [6.07, 6.45) is 1.04. The summed E-state index contributed by atoms with van der Waals surface area (Å²) in [7, 11) is 0. The fourth-order valence-electron chi connectivity index (χ4n) is 2.72. The second-order valence-electron chi connectivity index (χ2n) is 6.59. The van der Waals surface area contributed by atoms with Crippen molar-refractivity contribution < 1.29 is 9.21 Å². The summed E-state index contributed by atoms with van der Waals surface area (Å²) >= 11 is 1.56. The number of nitrogens with one attached hydrogen (secondary N) is 1. The van der Waals surface area contributed by atoms with Gasteiger partial charge in [-0.2, -0.15) is 0 Å². The van der Waals surface area contributed by atoms with E-state index in [2.05, 4.69) is 24.1 Å². The van der Waals surface area contributed by atoms with Gasteiger partial charge in [0.2, 0.25) is 11.8 Å². The van der Waals surface area contributed by atoms with Crippen molar-refractivity contribution in [2.24, 2.45) is 11.7 Å². The Labute approximate surface area is 165 Å². The fourth-order valence-corrected chi connectivity index (χ4v) is 3.37. The lowest BCUT2D eigenvalue weighted by molar-refractivity contribution is -0.122. The third-order valence-electron chi connectivity index (χ3n) is 3.70. The number of rotatable bonds is 7. The molecule has 0 aromatic carbocycles. The molecule has 142 valence electrons. The number of nitrogens with zero attached hydrogens (tertiary/aromatic N) is 1. The van der Waals surface area contributed by atoms with E-state index in [4.69, 9.17) is 10.2 Å². The Kier molecular flexibility index (Phi) is 9.72. The van der Waals surface area contributed by atoms with Gasteiger partial charge in [-0.25, -0.2) is 4.98 Å². The standard InChI is InChI=1S/C17H25N3O2S.2ClH/c1-11(2)9-17(4,10-18)20-15(21)8-13-12(3)22-16(19-13)14-6-5-7-23-14;;/h5-7,11H,8-10,18H2,1-4H3,(H,20,21);2*1H. The molecule has 2 aromatic heterocycles. The largest absolute Gasteiger partial charge is 0.440 e. The molecule has 1 unspecified atom stereocenters. The maximum Gasteiger partial charge on any atom is 0.236 e. The van der Waals surface area contributed by atoms with E-state index in [0.29, 0.717) is 29.8 Å². The van der Waals surface area contributed by atoms with E-state index < -0.39 is 0 Å². The number of oxazole rings is 1. The lowest BCUT2D eigenvalue weighted by Gasteiger charge is -2.31. The van der Waals surface area contributed by atoms with Gasteiger partial charge in [0.25, 0.3) is 0 Å². The Morgan fingerprint density at radius 2 is 2.12 bits per heavy atom. The van der Waals surface area contributed by atoms with Crippen LogP contribution in [-0.2, 0) is 11.2 Å². The molecule has 2 rings (SSSR count). The molecule has 2 heterocycles. The minimum Gasteiger partial charge on any atom is -0.440 e. The molecule has 5 nitrogen and oxygen atoms in total. The van der Waals surface area contributed by atoms with Crippen LogP contribution in [0, 0.1) is 12.8 Å². The van der Waals surface area contributed by atoms with Gasteiger partial charge >= 0.3 is 0 Å². The van der Waals surface area contributed by atoms with Crippen LogP contribution in [0.5, 0.6) is 0 Å². The van der Waals surface area contributed by atoms with Crippen LogP contribution < -0.4 is 11.1 Å². The Morgan fingerprint density at radius 3 is 2.64 bits per heavy atom. The first-order valence-electron chi connectivity index (χ1n) is 7.84. The highest BCUT2D eigenvalue weighted by Crippen LogP contribution is 2.26. The molecular formula is C17H27Cl2N3O2S. The molecule has 0 saturated carbocycles. The number of aromatic nitrogens is 1. The molecule has 1 atom stereocenters. The zero-order valence-corrected chi connectivity index (χ0v) is 17.4. The smallest absolute Gasteiger partial charge is 0.236 e. The first-order valence-corrected chi connectivity index (χ1v) is 8.72. The highest BCUT2D eigenvalue weighted by Gasteiger charge is 2.26. The highest BCUT2D eigenvalue weighted by atomic mass is 35.5. The number of halogens is 2. The van der Waals surface area contributed by atoms with E-state index in [1.165, 1.54) is 0 Å². The van der Waals surface area contributed by atoms with Crippen LogP contribution in [0.15, 0.2) is 21.9 Å². The maximum absolute atomic E-state index is 12.4. The van der Waals surface area contributed by atoms with Crippen LogP contribution in [-0.4, -0.2) is 23.0 Å². The Hall–Kier alpha value is -1.08.